The Hall–Kier alpha value is -1.04. The summed E-state index contributed by atoms with van der Waals surface area (Å²) >= 11 is 1.37. The second kappa shape index (κ2) is 4.00. The Labute approximate surface area is 85.8 Å². The van der Waals surface area contributed by atoms with Crippen LogP contribution in [-0.4, -0.2) is 33.6 Å². The fourth-order valence-corrected chi connectivity index (χ4v) is 1.94. The number of nitrogens with zero attached hydrogens (tertiary/aromatic N) is 3. The van der Waals surface area contributed by atoms with E-state index in [1.165, 1.54) is 31.7 Å². The summed E-state index contributed by atoms with van der Waals surface area (Å²) in [6.45, 7) is 0. The molecular formula is C8H11N3O2S. The average Bonchev–Trinajstić information content (AvgIpc) is 2.94. The quantitative estimate of drug-likeness (QED) is 0.549. The van der Waals surface area contributed by atoms with Gasteiger partial charge in [-0.2, -0.15) is 0 Å². The van der Waals surface area contributed by atoms with E-state index in [-0.39, 0.29) is 5.97 Å². The van der Waals surface area contributed by atoms with Gasteiger partial charge in [0.15, 0.2) is 5.16 Å². The first kappa shape index (κ1) is 9.51. The molecule has 76 valence electrons. The lowest BCUT2D eigenvalue weighted by Crippen LogP contribution is -2.04. The van der Waals surface area contributed by atoms with Crippen LogP contribution < -0.4 is 0 Å². The van der Waals surface area contributed by atoms with Crippen LogP contribution in [0.1, 0.15) is 18.9 Å². The Balaban J connectivity index is 1.94. The minimum Gasteiger partial charge on any atom is -0.468 e. The predicted molar refractivity (Wildman–Crippen MR) is 51.0 cm³/mol. The van der Waals surface area contributed by atoms with Crippen LogP contribution in [0.4, 0.5) is 0 Å². The topological polar surface area (TPSA) is 57.0 Å². The highest BCUT2D eigenvalue weighted by atomic mass is 32.2. The van der Waals surface area contributed by atoms with E-state index in [1.807, 2.05) is 4.57 Å². The van der Waals surface area contributed by atoms with Crippen LogP contribution in [-0.2, 0) is 9.53 Å². The average molecular weight is 213 g/mol. The molecule has 0 radical (unpaired) electrons. The van der Waals surface area contributed by atoms with Gasteiger partial charge < -0.3 is 9.30 Å². The van der Waals surface area contributed by atoms with Crippen LogP contribution in [0.3, 0.4) is 0 Å². The number of ether oxygens (including phenoxy) is 1. The van der Waals surface area contributed by atoms with Gasteiger partial charge in [0.1, 0.15) is 6.33 Å². The maximum Gasteiger partial charge on any atom is 0.316 e. The fourth-order valence-electron chi connectivity index (χ4n) is 1.12. The molecule has 1 aliphatic rings. The highest BCUT2D eigenvalue weighted by molar-refractivity contribution is 7.99. The van der Waals surface area contributed by atoms with Gasteiger partial charge in [0.05, 0.1) is 12.9 Å². The lowest BCUT2D eigenvalue weighted by Gasteiger charge is -2.02. The maximum atomic E-state index is 10.9. The van der Waals surface area contributed by atoms with Crippen molar-refractivity contribution < 1.29 is 9.53 Å². The summed E-state index contributed by atoms with van der Waals surface area (Å²) in [5.41, 5.74) is 0. The maximum absolute atomic E-state index is 10.9. The highest BCUT2D eigenvalue weighted by Gasteiger charge is 2.26. The number of carbonyl (C=O) groups excluding carboxylic acids is 1. The zero-order valence-electron chi connectivity index (χ0n) is 7.84. The van der Waals surface area contributed by atoms with Crippen molar-refractivity contribution in [2.45, 2.75) is 24.0 Å². The molecule has 0 N–H and O–H groups in total. The summed E-state index contributed by atoms with van der Waals surface area (Å²) in [7, 11) is 1.38. The molecular weight excluding hydrogens is 202 g/mol. The van der Waals surface area contributed by atoms with Gasteiger partial charge in [-0.05, 0) is 12.8 Å². The van der Waals surface area contributed by atoms with Crippen molar-refractivity contribution in [3.8, 4) is 0 Å². The summed E-state index contributed by atoms with van der Waals surface area (Å²) in [6.07, 6.45) is 4.09. The molecule has 0 saturated heterocycles. The van der Waals surface area contributed by atoms with Crippen LogP contribution in [0, 0.1) is 0 Å². The first-order valence-electron chi connectivity index (χ1n) is 4.40. The number of hydrogen-bond donors (Lipinski definition) is 0. The summed E-state index contributed by atoms with van der Waals surface area (Å²) in [5, 5.41) is 8.58. The molecule has 1 aromatic heterocycles. The van der Waals surface area contributed by atoms with Crippen molar-refractivity contribution in [1.29, 1.82) is 0 Å². The molecule has 6 heteroatoms. The Bertz CT molecular complexity index is 335. The molecule has 2 rings (SSSR count). The van der Waals surface area contributed by atoms with Crippen LogP contribution >= 0.6 is 11.8 Å². The highest BCUT2D eigenvalue weighted by Crippen LogP contribution is 2.37. The van der Waals surface area contributed by atoms with Crippen molar-refractivity contribution in [3.05, 3.63) is 6.33 Å². The van der Waals surface area contributed by atoms with Crippen LogP contribution in [0.25, 0.3) is 0 Å². The van der Waals surface area contributed by atoms with Gasteiger partial charge in [-0.15, -0.1) is 10.2 Å². The molecule has 0 aromatic carbocycles. The molecule has 0 aliphatic heterocycles. The number of methoxy groups -OCH3 is 1. The smallest absolute Gasteiger partial charge is 0.316 e. The monoisotopic (exact) mass is 213 g/mol. The van der Waals surface area contributed by atoms with E-state index in [4.69, 9.17) is 0 Å². The van der Waals surface area contributed by atoms with E-state index in [0.29, 0.717) is 11.8 Å². The Kier molecular flexibility index (Phi) is 2.72. The Morgan fingerprint density at radius 2 is 2.57 bits per heavy atom. The van der Waals surface area contributed by atoms with E-state index >= 15 is 0 Å². The molecule has 0 amide bonds. The number of carbonyl (C=O) groups is 1. The molecule has 0 bridgehead atoms. The zero-order chi connectivity index (χ0) is 9.97. The molecule has 0 unspecified atom stereocenters. The van der Waals surface area contributed by atoms with Gasteiger partial charge in [0.25, 0.3) is 0 Å². The summed E-state index contributed by atoms with van der Waals surface area (Å²) in [4.78, 5) is 10.9. The zero-order valence-corrected chi connectivity index (χ0v) is 8.66. The van der Waals surface area contributed by atoms with E-state index < -0.39 is 0 Å². The lowest BCUT2D eigenvalue weighted by molar-refractivity contribution is -0.137. The number of rotatable bonds is 4. The number of thioether (sulfide) groups is 1. The molecule has 5 nitrogen and oxygen atoms in total. The van der Waals surface area contributed by atoms with Crippen LogP contribution in [0.15, 0.2) is 11.5 Å². The van der Waals surface area contributed by atoms with E-state index in [0.717, 1.165) is 5.16 Å². The minimum atomic E-state index is -0.236. The number of hydrogen-bond acceptors (Lipinski definition) is 5. The Morgan fingerprint density at radius 1 is 1.79 bits per heavy atom. The summed E-state index contributed by atoms with van der Waals surface area (Å²) in [5.74, 6) is 0.0578. The summed E-state index contributed by atoms with van der Waals surface area (Å²) < 4.78 is 6.57. The summed E-state index contributed by atoms with van der Waals surface area (Å²) in [6, 6.07) is 0.546. The molecule has 1 heterocycles. The molecule has 1 saturated carbocycles. The van der Waals surface area contributed by atoms with Crippen molar-refractivity contribution in [2.24, 2.45) is 0 Å². The number of esters is 1. The third kappa shape index (κ3) is 2.06. The minimum absolute atomic E-state index is 0.236. The normalized spacial score (nSPS) is 15.5. The Morgan fingerprint density at radius 3 is 3.21 bits per heavy atom. The molecule has 14 heavy (non-hydrogen) atoms. The van der Waals surface area contributed by atoms with Gasteiger partial charge in [0, 0.05) is 6.04 Å². The van der Waals surface area contributed by atoms with Crippen molar-refractivity contribution in [1.82, 2.24) is 14.8 Å². The van der Waals surface area contributed by atoms with Gasteiger partial charge in [-0.25, -0.2) is 0 Å². The molecule has 1 fully saturated rings. The van der Waals surface area contributed by atoms with Crippen molar-refractivity contribution in [2.75, 3.05) is 12.9 Å². The second-order valence-corrected chi connectivity index (χ2v) is 4.06. The van der Waals surface area contributed by atoms with Crippen molar-refractivity contribution in [3.63, 3.8) is 0 Å². The van der Waals surface area contributed by atoms with E-state index in [2.05, 4.69) is 14.9 Å². The van der Waals surface area contributed by atoms with E-state index in [9.17, 15) is 4.79 Å². The second-order valence-electron chi connectivity index (χ2n) is 3.12. The third-order valence-corrected chi connectivity index (χ3v) is 2.96. The first-order valence-corrected chi connectivity index (χ1v) is 5.39. The van der Waals surface area contributed by atoms with Crippen LogP contribution in [0.5, 0.6) is 0 Å². The number of aromatic nitrogens is 3. The fraction of sp³-hybridized carbons (Fsp3) is 0.625. The predicted octanol–water partition coefficient (Wildman–Crippen LogP) is 0.878. The van der Waals surface area contributed by atoms with Crippen molar-refractivity contribution >= 4 is 17.7 Å². The van der Waals surface area contributed by atoms with E-state index in [1.54, 1.807) is 6.33 Å². The van der Waals surface area contributed by atoms with Gasteiger partial charge in [-0.1, -0.05) is 11.8 Å². The molecule has 0 spiro atoms. The standard InChI is InChI=1S/C8H11N3O2S/c1-13-7(12)4-14-8-10-9-5-11(8)6-2-3-6/h5-6H,2-4H2,1H3. The molecule has 0 atom stereocenters. The van der Waals surface area contributed by atoms with Gasteiger partial charge in [0.2, 0.25) is 0 Å². The SMILES string of the molecule is COC(=O)CSc1nncn1C1CC1. The lowest BCUT2D eigenvalue weighted by atomic mass is 10.7. The molecule has 1 aromatic rings. The van der Waals surface area contributed by atoms with Gasteiger partial charge >= 0.3 is 5.97 Å². The third-order valence-electron chi connectivity index (χ3n) is 2.03. The largest absolute Gasteiger partial charge is 0.468 e. The first-order chi connectivity index (χ1) is 6.81. The molecule has 1 aliphatic carbocycles. The van der Waals surface area contributed by atoms with Gasteiger partial charge in [-0.3, -0.25) is 4.79 Å². The van der Waals surface area contributed by atoms with Crippen LogP contribution in [0.2, 0.25) is 0 Å².